The molecule has 1 aliphatic heterocycles. The van der Waals surface area contributed by atoms with Gasteiger partial charge < -0.3 is 10.8 Å². The van der Waals surface area contributed by atoms with Gasteiger partial charge in [-0.25, -0.2) is 8.42 Å². The quantitative estimate of drug-likeness (QED) is 0.825. The standard InChI is InChI=1S/C12H17ClN2O3S/c13-11-4-3-10(14)6-12(11)19(17,18)15-5-1-2-9(7-15)8-16/h3-4,6,9,16H,1-2,5,7-8,14H2. The minimum Gasteiger partial charge on any atom is -0.399 e. The van der Waals surface area contributed by atoms with Gasteiger partial charge in [0.2, 0.25) is 10.0 Å². The lowest BCUT2D eigenvalue weighted by molar-refractivity contribution is 0.165. The third-order valence-electron chi connectivity index (χ3n) is 3.31. The van der Waals surface area contributed by atoms with E-state index in [1.54, 1.807) is 6.07 Å². The maximum Gasteiger partial charge on any atom is 0.244 e. The summed E-state index contributed by atoms with van der Waals surface area (Å²) in [5.74, 6) is -0.0108. The molecular weight excluding hydrogens is 288 g/mol. The number of nitrogens with two attached hydrogens (primary N) is 1. The molecule has 1 aliphatic rings. The van der Waals surface area contributed by atoms with Crippen LogP contribution in [0.2, 0.25) is 5.02 Å². The number of rotatable bonds is 3. The van der Waals surface area contributed by atoms with Crippen molar-refractivity contribution in [2.45, 2.75) is 17.7 Å². The smallest absolute Gasteiger partial charge is 0.244 e. The molecule has 0 spiro atoms. The molecule has 1 unspecified atom stereocenters. The van der Waals surface area contributed by atoms with E-state index in [9.17, 15) is 13.5 Å². The zero-order valence-electron chi connectivity index (χ0n) is 10.4. The van der Waals surface area contributed by atoms with Crippen molar-refractivity contribution in [3.63, 3.8) is 0 Å². The van der Waals surface area contributed by atoms with Crippen LogP contribution in [0.3, 0.4) is 0 Å². The lowest BCUT2D eigenvalue weighted by Crippen LogP contribution is -2.41. The molecule has 0 amide bonds. The topological polar surface area (TPSA) is 83.6 Å². The van der Waals surface area contributed by atoms with E-state index in [0.29, 0.717) is 18.8 Å². The number of hydrogen-bond donors (Lipinski definition) is 2. The van der Waals surface area contributed by atoms with Crippen LogP contribution in [0.1, 0.15) is 12.8 Å². The maximum absolute atomic E-state index is 12.5. The van der Waals surface area contributed by atoms with Crippen LogP contribution in [0.15, 0.2) is 23.1 Å². The van der Waals surface area contributed by atoms with Gasteiger partial charge in [-0.2, -0.15) is 4.31 Å². The fourth-order valence-electron chi connectivity index (χ4n) is 2.25. The van der Waals surface area contributed by atoms with E-state index in [1.165, 1.54) is 16.4 Å². The van der Waals surface area contributed by atoms with Gasteiger partial charge in [0.15, 0.2) is 0 Å². The summed E-state index contributed by atoms with van der Waals surface area (Å²) in [5, 5.41) is 9.34. The van der Waals surface area contributed by atoms with Crippen LogP contribution in [0.4, 0.5) is 5.69 Å². The van der Waals surface area contributed by atoms with Crippen molar-refractivity contribution in [1.29, 1.82) is 0 Å². The van der Waals surface area contributed by atoms with Crippen LogP contribution < -0.4 is 5.73 Å². The molecule has 0 bridgehead atoms. The molecular formula is C12H17ClN2O3S. The molecule has 3 N–H and O–H groups in total. The SMILES string of the molecule is Nc1ccc(Cl)c(S(=O)(=O)N2CCCC(CO)C2)c1. The number of anilines is 1. The molecule has 7 heteroatoms. The second-order valence-electron chi connectivity index (χ2n) is 4.74. The van der Waals surface area contributed by atoms with E-state index in [0.717, 1.165) is 12.8 Å². The molecule has 1 atom stereocenters. The number of halogens is 1. The normalized spacial score (nSPS) is 21.5. The largest absolute Gasteiger partial charge is 0.399 e. The average Bonchev–Trinajstić information content (AvgIpc) is 2.41. The Bertz CT molecular complexity index is 562. The molecule has 2 rings (SSSR count). The predicted molar refractivity (Wildman–Crippen MR) is 74.4 cm³/mol. The Morgan fingerprint density at radius 2 is 2.21 bits per heavy atom. The van der Waals surface area contributed by atoms with Crippen LogP contribution in [-0.4, -0.2) is 37.5 Å². The molecule has 5 nitrogen and oxygen atoms in total. The van der Waals surface area contributed by atoms with Crippen LogP contribution in [0.5, 0.6) is 0 Å². The van der Waals surface area contributed by atoms with E-state index < -0.39 is 10.0 Å². The zero-order chi connectivity index (χ0) is 14.0. The summed E-state index contributed by atoms with van der Waals surface area (Å²) in [5.41, 5.74) is 5.99. The highest BCUT2D eigenvalue weighted by molar-refractivity contribution is 7.89. The van der Waals surface area contributed by atoms with Crippen molar-refractivity contribution in [2.24, 2.45) is 5.92 Å². The van der Waals surface area contributed by atoms with Crippen LogP contribution in [0.25, 0.3) is 0 Å². The van der Waals surface area contributed by atoms with Gasteiger partial charge in [-0.1, -0.05) is 11.6 Å². The van der Waals surface area contributed by atoms with Crippen molar-refractivity contribution in [2.75, 3.05) is 25.4 Å². The first-order chi connectivity index (χ1) is 8.95. The van der Waals surface area contributed by atoms with Gasteiger partial charge >= 0.3 is 0 Å². The third kappa shape index (κ3) is 3.02. The van der Waals surface area contributed by atoms with E-state index in [-0.39, 0.29) is 22.4 Å². The fraction of sp³-hybridized carbons (Fsp3) is 0.500. The van der Waals surface area contributed by atoms with Crippen LogP contribution in [0, 0.1) is 5.92 Å². The number of piperidine rings is 1. The summed E-state index contributed by atoms with van der Waals surface area (Å²) < 4.78 is 26.4. The Hall–Kier alpha value is -0.820. The van der Waals surface area contributed by atoms with E-state index in [1.807, 2.05) is 0 Å². The summed E-state index contributed by atoms with van der Waals surface area (Å²) in [7, 11) is -3.65. The van der Waals surface area contributed by atoms with Gasteiger partial charge in [-0.3, -0.25) is 0 Å². The summed E-state index contributed by atoms with van der Waals surface area (Å²) in [4.78, 5) is 0.0350. The first-order valence-electron chi connectivity index (χ1n) is 6.11. The number of aliphatic hydroxyl groups is 1. The van der Waals surface area contributed by atoms with Crippen molar-refractivity contribution in [1.82, 2.24) is 4.31 Å². The number of hydrogen-bond acceptors (Lipinski definition) is 4. The number of aliphatic hydroxyl groups excluding tert-OH is 1. The van der Waals surface area contributed by atoms with Gasteiger partial charge in [0.1, 0.15) is 4.90 Å². The average molecular weight is 305 g/mol. The highest BCUT2D eigenvalue weighted by atomic mass is 35.5. The number of benzene rings is 1. The molecule has 1 aromatic rings. The minimum absolute atomic E-state index is 0.00329. The molecule has 0 aromatic heterocycles. The lowest BCUT2D eigenvalue weighted by Gasteiger charge is -2.31. The lowest BCUT2D eigenvalue weighted by atomic mass is 10.0. The predicted octanol–water partition coefficient (Wildman–Crippen LogP) is 1.32. The summed E-state index contributed by atoms with van der Waals surface area (Å²) >= 11 is 5.96. The molecule has 1 saturated heterocycles. The molecule has 0 aliphatic carbocycles. The molecule has 1 heterocycles. The van der Waals surface area contributed by atoms with Gasteiger partial charge in [-0.15, -0.1) is 0 Å². The number of sulfonamides is 1. The summed E-state index contributed by atoms with van der Waals surface area (Å²) in [6.07, 6.45) is 1.58. The van der Waals surface area contributed by atoms with Crippen molar-refractivity contribution >= 4 is 27.3 Å². The highest BCUT2D eigenvalue weighted by Crippen LogP contribution is 2.29. The highest BCUT2D eigenvalue weighted by Gasteiger charge is 2.31. The van der Waals surface area contributed by atoms with E-state index in [2.05, 4.69) is 0 Å². The van der Waals surface area contributed by atoms with E-state index >= 15 is 0 Å². The van der Waals surface area contributed by atoms with Crippen molar-refractivity contribution < 1.29 is 13.5 Å². The minimum atomic E-state index is -3.65. The second-order valence-corrected chi connectivity index (χ2v) is 7.06. The molecule has 1 aromatic carbocycles. The molecule has 0 radical (unpaired) electrons. The summed E-state index contributed by atoms with van der Waals surface area (Å²) in [6.45, 7) is 0.768. The zero-order valence-corrected chi connectivity index (χ0v) is 12.0. The van der Waals surface area contributed by atoms with Gasteiger partial charge in [0, 0.05) is 25.4 Å². The third-order valence-corrected chi connectivity index (χ3v) is 5.66. The van der Waals surface area contributed by atoms with Gasteiger partial charge in [-0.05, 0) is 37.0 Å². The van der Waals surface area contributed by atoms with Gasteiger partial charge in [0.05, 0.1) is 5.02 Å². The molecule has 106 valence electrons. The van der Waals surface area contributed by atoms with Crippen molar-refractivity contribution in [3.8, 4) is 0 Å². The fourth-order valence-corrected chi connectivity index (χ4v) is 4.32. The van der Waals surface area contributed by atoms with Gasteiger partial charge in [0.25, 0.3) is 0 Å². The second kappa shape index (κ2) is 5.66. The maximum atomic E-state index is 12.5. The Balaban J connectivity index is 2.34. The Kier molecular flexibility index (Phi) is 4.35. The monoisotopic (exact) mass is 304 g/mol. The Morgan fingerprint density at radius 1 is 1.47 bits per heavy atom. The number of nitrogen functional groups attached to an aromatic ring is 1. The first kappa shape index (κ1) is 14.6. The Morgan fingerprint density at radius 3 is 2.89 bits per heavy atom. The van der Waals surface area contributed by atoms with Crippen molar-refractivity contribution in [3.05, 3.63) is 23.2 Å². The summed E-state index contributed by atoms with van der Waals surface area (Å²) in [6, 6.07) is 4.42. The van der Waals surface area contributed by atoms with Crippen LogP contribution >= 0.6 is 11.6 Å². The number of nitrogens with zero attached hydrogens (tertiary/aromatic N) is 1. The first-order valence-corrected chi connectivity index (χ1v) is 7.93. The Labute approximate surface area is 118 Å². The molecule has 19 heavy (non-hydrogen) atoms. The van der Waals surface area contributed by atoms with Crippen LogP contribution in [-0.2, 0) is 10.0 Å². The van der Waals surface area contributed by atoms with E-state index in [4.69, 9.17) is 17.3 Å². The molecule has 0 saturated carbocycles. The molecule has 1 fully saturated rings.